The Labute approximate surface area is 158 Å². The summed E-state index contributed by atoms with van der Waals surface area (Å²) < 4.78 is 5.82. The number of benzene rings is 1. The monoisotopic (exact) mass is 370 g/mol. The molecule has 0 radical (unpaired) electrons. The van der Waals surface area contributed by atoms with Crippen LogP contribution in [0.3, 0.4) is 0 Å². The van der Waals surface area contributed by atoms with Crippen molar-refractivity contribution < 1.29 is 9.21 Å². The first-order chi connectivity index (χ1) is 12.5. The molecule has 2 aromatic rings. The lowest BCUT2D eigenvalue weighted by atomic mass is 9.90. The second kappa shape index (κ2) is 6.58. The first-order valence-electron chi connectivity index (χ1n) is 9.18. The van der Waals surface area contributed by atoms with Crippen LogP contribution < -0.4 is 5.43 Å². The number of amides is 1. The fraction of sp³-hybridized carbons (Fsp3) is 0.429. The topological polar surface area (TPSA) is 54.6 Å². The first kappa shape index (κ1) is 17.3. The molecule has 0 spiro atoms. The van der Waals surface area contributed by atoms with Crippen LogP contribution in [0.25, 0.3) is 11.3 Å². The predicted molar refractivity (Wildman–Crippen MR) is 103 cm³/mol. The zero-order valence-electron chi connectivity index (χ0n) is 15.1. The Morgan fingerprint density at radius 1 is 1.35 bits per heavy atom. The molecule has 0 saturated heterocycles. The smallest absolute Gasteiger partial charge is 0.244 e. The van der Waals surface area contributed by atoms with E-state index in [1.165, 1.54) is 19.3 Å². The van der Waals surface area contributed by atoms with Crippen molar-refractivity contribution in [3.8, 4) is 11.3 Å². The molecule has 5 heteroatoms. The molecule has 2 aliphatic carbocycles. The SMILES string of the molecule is Cc1ccc(Cl)cc1-c1ccc(C=NNC(=O)C2C3CCCCC32C)o1. The molecule has 2 aliphatic rings. The van der Waals surface area contributed by atoms with Crippen molar-refractivity contribution in [1.82, 2.24) is 5.43 Å². The molecule has 2 saturated carbocycles. The quantitative estimate of drug-likeness (QED) is 0.595. The molecule has 1 aromatic heterocycles. The maximum atomic E-state index is 12.4. The molecule has 1 amide bonds. The summed E-state index contributed by atoms with van der Waals surface area (Å²) in [6.07, 6.45) is 6.35. The fourth-order valence-corrected chi connectivity index (χ4v) is 4.68. The van der Waals surface area contributed by atoms with Gasteiger partial charge < -0.3 is 4.42 Å². The Kier molecular flexibility index (Phi) is 4.39. The van der Waals surface area contributed by atoms with E-state index in [0.717, 1.165) is 23.3 Å². The summed E-state index contributed by atoms with van der Waals surface area (Å²) >= 11 is 6.08. The van der Waals surface area contributed by atoms with Gasteiger partial charge in [0.2, 0.25) is 5.91 Å². The van der Waals surface area contributed by atoms with E-state index in [-0.39, 0.29) is 17.2 Å². The third-order valence-corrected chi connectivity index (χ3v) is 6.31. The highest BCUT2D eigenvalue weighted by molar-refractivity contribution is 6.30. The Hall–Kier alpha value is -2.07. The molecule has 0 aliphatic heterocycles. The number of furan rings is 1. The summed E-state index contributed by atoms with van der Waals surface area (Å²) in [7, 11) is 0. The maximum absolute atomic E-state index is 12.4. The minimum Gasteiger partial charge on any atom is -0.455 e. The zero-order chi connectivity index (χ0) is 18.3. The van der Waals surface area contributed by atoms with Gasteiger partial charge in [-0.25, -0.2) is 5.43 Å². The highest BCUT2D eigenvalue weighted by Crippen LogP contribution is 2.66. The van der Waals surface area contributed by atoms with E-state index < -0.39 is 0 Å². The van der Waals surface area contributed by atoms with Crippen LogP contribution in [0, 0.1) is 24.2 Å². The van der Waals surface area contributed by atoms with Gasteiger partial charge in [0.15, 0.2) is 0 Å². The Bertz CT molecular complexity index is 873. The number of carbonyl (C=O) groups excluding carboxylic acids is 1. The number of nitrogens with one attached hydrogen (secondary N) is 1. The van der Waals surface area contributed by atoms with E-state index in [1.54, 1.807) is 6.21 Å². The van der Waals surface area contributed by atoms with Crippen LogP contribution in [0.2, 0.25) is 5.02 Å². The Morgan fingerprint density at radius 2 is 2.19 bits per heavy atom. The number of hydrogen-bond acceptors (Lipinski definition) is 3. The van der Waals surface area contributed by atoms with Crippen LogP contribution in [0.5, 0.6) is 0 Å². The van der Waals surface area contributed by atoms with E-state index in [4.69, 9.17) is 16.0 Å². The van der Waals surface area contributed by atoms with Gasteiger partial charge in [0, 0.05) is 16.5 Å². The van der Waals surface area contributed by atoms with Crippen molar-refractivity contribution in [3.63, 3.8) is 0 Å². The average Bonchev–Trinajstić information content (AvgIpc) is 2.98. The number of rotatable bonds is 4. The number of nitrogens with zero attached hydrogens (tertiary/aromatic N) is 1. The van der Waals surface area contributed by atoms with Gasteiger partial charge in [0.05, 0.1) is 6.21 Å². The lowest BCUT2D eigenvalue weighted by Crippen LogP contribution is -2.22. The van der Waals surface area contributed by atoms with Crippen LogP contribution >= 0.6 is 11.6 Å². The molecule has 2 fully saturated rings. The zero-order valence-corrected chi connectivity index (χ0v) is 15.8. The summed E-state index contributed by atoms with van der Waals surface area (Å²) in [6.45, 7) is 4.24. The third-order valence-electron chi connectivity index (χ3n) is 6.07. The van der Waals surface area contributed by atoms with Crippen LogP contribution in [0.4, 0.5) is 0 Å². The Morgan fingerprint density at radius 3 is 2.96 bits per heavy atom. The predicted octanol–water partition coefficient (Wildman–Crippen LogP) is 5.18. The second-order valence-corrected chi connectivity index (χ2v) is 8.17. The highest BCUT2D eigenvalue weighted by atomic mass is 35.5. The molecule has 1 N–H and O–H groups in total. The summed E-state index contributed by atoms with van der Waals surface area (Å²) in [5.74, 6) is 2.02. The highest BCUT2D eigenvalue weighted by Gasteiger charge is 2.64. The van der Waals surface area contributed by atoms with Gasteiger partial charge >= 0.3 is 0 Å². The number of halogens is 1. The van der Waals surface area contributed by atoms with E-state index in [1.807, 2.05) is 37.3 Å². The van der Waals surface area contributed by atoms with E-state index in [0.29, 0.717) is 16.7 Å². The van der Waals surface area contributed by atoms with E-state index in [9.17, 15) is 4.79 Å². The fourth-order valence-electron chi connectivity index (χ4n) is 4.51. The lowest BCUT2D eigenvalue weighted by molar-refractivity contribution is -0.123. The van der Waals surface area contributed by atoms with Gasteiger partial charge in [-0.1, -0.05) is 37.4 Å². The van der Waals surface area contributed by atoms with Crippen LogP contribution in [-0.2, 0) is 4.79 Å². The molecule has 1 aromatic carbocycles. The Balaban J connectivity index is 1.40. The van der Waals surface area contributed by atoms with Crippen LogP contribution in [0.15, 0.2) is 39.9 Å². The van der Waals surface area contributed by atoms with Crippen molar-refractivity contribution in [1.29, 1.82) is 0 Å². The van der Waals surface area contributed by atoms with E-state index in [2.05, 4.69) is 17.5 Å². The molecular formula is C21H23ClN2O2. The van der Waals surface area contributed by atoms with Crippen molar-refractivity contribution in [3.05, 3.63) is 46.7 Å². The molecular weight excluding hydrogens is 348 g/mol. The largest absolute Gasteiger partial charge is 0.455 e. The van der Waals surface area contributed by atoms with Gasteiger partial charge in [-0.15, -0.1) is 0 Å². The number of carbonyl (C=O) groups is 1. The van der Waals surface area contributed by atoms with Gasteiger partial charge in [-0.2, -0.15) is 5.10 Å². The van der Waals surface area contributed by atoms with Crippen LogP contribution in [0.1, 0.15) is 43.9 Å². The summed E-state index contributed by atoms with van der Waals surface area (Å²) in [5.41, 5.74) is 4.93. The molecule has 4 rings (SSSR count). The summed E-state index contributed by atoms with van der Waals surface area (Å²) in [6, 6.07) is 9.43. The lowest BCUT2D eigenvalue weighted by Gasteiger charge is -2.15. The third kappa shape index (κ3) is 3.07. The standard InChI is InChI=1S/C21H23ClN2O2/c1-13-6-7-14(22)11-16(13)18-9-8-15(26-18)12-23-24-20(25)19-17-5-3-4-10-21(17,19)2/h6-9,11-12,17,19H,3-5,10H2,1-2H3,(H,24,25). The number of hydrogen-bond donors (Lipinski definition) is 1. The summed E-state index contributed by atoms with van der Waals surface area (Å²) in [5, 5.41) is 4.76. The summed E-state index contributed by atoms with van der Waals surface area (Å²) in [4.78, 5) is 12.4. The van der Waals surface area contributed by atoms with Crippen molar-refractivity contribution >= 4 is 23.7 Å². The van der Waals surface area contributed by atoms with Gasteiger partial charge in [0.1, 0.15) is 11.5 Å². The van der Waals surface area contributed by atoms with Crippen LogP contribution in [-0.4, -0.2) is 12.1 Å². The minimum absolute atomic E-state index is 0.0353. The van der Waals surface area contributed by atoms with Gasteiger partial charge in [-0.05, 0) is 60.9 Å². The molecule has 4 nitrogen and oxygen atoms in total. The number of fused-ring (bicyclic) bond motifs is 1. The normalized spacial score (nSPS) is 27.3. The van der Waals surface area contributed by atoms with E-state index >= 15 is 0 Å². The second-order valence-electron chi connectivity index (χ2n) is 7.73. The molecule has 3 unspecified atom stereocenters. The maximum Gasteiger partial charge on any atom is 0.244 e. The van der Waals surface area contributed by atoms with Crippen molar-refractivity contribution in [2.24, 2.45) is 22.4 Å². The number of aryl methyl sites for hydroxylation is 1. The average molecular weight is 371 g/mol. The number of hydrazone groups is 1. The minimum atomic E-state index is 0.0353. The molecule has 136 valence electrons. The molecule has 0 bridgehead atoms. The molecule has 26 heavy (non-hydrogen) atoms. The molecule has 1 heterocycles. The van der Waals surface area contributed by atoms with Crippen molar-refractivity contribution in [2.75, 3.05) is 0 Å². The molecule has 3 atom stereocenters. The first-order valence-corrected chi connectivity index (χ1v) is 9.56. The van der Waals surface area contributed by atoms with Gasteiger partial charge in [0.25, 0.3) is 0 Å². The van der Waals surface area contributed by atoms with Gasteiger partial charge in [-0.3, -0.25) is 4.79 Å². The van der Waals surface area contributed by atoms with Crippen molar-refractivity contribution in [2.45, 2.75) is 39.5 Å².